The van der Waals surface area contributed by atoms with Gasteiger partial charge in [0.15, 0.2) is 0 Å². The van der Waals surface area contributed by atoms with Crippen molar-refractivity contribution in [2.45, 2.75) is 45.1 Å². The zero-order valence-corrected chi connectivity index (χ0v) is 14.3. The zero-order chi connectivity index (χ0) is 16.2. The molecule has 1 atom stereocenters. The fraction of sp³-hybridized carbons (Fsp3) is 0.600. The van der Waals surface area contributed by atoms with E-state index in [1.54, 1.807) is 33.1 Å². The van der Waals surface area contributed by atoms with Crippen LogP contribution in [0.3, 0.4) is 0 Å². The maximum Gasteiger partial charge on any atom is 0.243 e. The molecule has 2 N–H and O–H groups in total. The van der Waals surface area contributed by atoms with Crippen molar-refractivity contribution in [3.05, 3.63) is 23.3 Å². The van der Waals surface area contributed by atoms with Crippen molar-refractivity contribution in [2.24, 2.45) is 0 Å². The van der Waals surface area contributed by atoms with E-state index in [0.29, 0.717) is 34.9 Å². The van der Waals surface area contributed by atoms with Gasteiger partial charge in [0.1, 0.15) is 0 Å². The summed E-state index contributed by atoms with van der Waals surface area (Å²) >= 11 is 0. The molecule has 1 aromatic carbocycles. The zero-order valence-electron chi connectivity index (χ0n) is 13.5. The minimum atomic E-state index is -3.56. The second kappa shape index (κ2) is 7.24. The fourth-order valence-corrected chi connectivity index (χ4v) is 4.57. The molecule has 1 aromatic rings. The number of aryl methyl sites for hydroxylation is 2. The van der Waals surface area contributed by atoms with Crippen LogP contribution in [0.2, 0.25) is 0 Å². The van der Waals surface area contributed by atoms with Crippen LogP contribution in [0.1, 0.15) is 31.4 Å². The normalized spacial score (nSPS) is 13.6. The minimum Gasteiger partial charge on any atom is -0.399 e. The van der Waals surface area contributed by atoms with Gasteiger partial charge in [0.2, 0.25) is 10.0 Å². The van der Waals surface area contributed by atoms with E-state index in [0.717, 1.165) is 6.42 Å². The predicted octanol–water partition coefficient (Wildman–Crippen LogP) is 2.32. The maximum absolute atomic E-state index is 13.0. The molecule has 0 fully saturated rings. The third-order valence-corrected chi connectivity index (χ3v) is 5.97. The van der Waals surface area contributed by atoms with Crippen molar-refractivity contribution >= 4 is 15.7 Å². The lowest BCUT2D eigenvalue weighted by atomic mass is 10.1. The maximum atomic E-state index is 13.0. The van der Waals surface area contributed by atoms with Crippen molar-refractivity contribution in [1.29, 1.82) is 0 Å². The molecule has 0 aliphatic rings. The Morgan fingerprint density at radius 1 is 1.29 bits per heavy atom. The summed E-state index contributed by atoms with van der Waals surface area (Å²) in [6.07, 6.45) is 0.746. The first-order valence-corrected chi connectivity index (χ1v) is 8.57. The molecule has 0 bridgehead atoms. The lowest BCUT2D eigenvalue weighted by Gasteiger charge is -2.29. The first-order chi connectivity index (χ1) is 9.75. The summed E-state index contributed by atoms with van der Waals surface area (Å²) in [7, 11) is -1.99. The summed E-state index contributed by atoms with van der Waals surface area (Å²) in [6, 6.07) is 3.32. The molecule has 0 saturated carbocycles. The third-order valence-electron chi connectivity index (χ3n) is 3.65. The molecule has 0 amide bonds. The van der Waals surface area contributed by atoms with E-state index in [-0.39, 0.29) is 6.04 Å². The highest BCUT2D eigenvalue weighted by Crippen LogP contribution is 2.27. The van der Waals surface area contributed by atoms with Crippen LogP contribution < -0.4 is 5.73 Å². The minimum absolute atomic E-state index is 0.0819. The van der Waals surface area contributed by atoms with E-state index in [1.165, 1.54) is 4.31 Å². The molecule has 0 aliphatic carbocycles. The first-order valence-electron chi connectivity index (χ1n) is 7.13. The average Bonchev–Trinajstić information content (AvgIpc) is 2.36. The first kappa shape index (κ1) is 17.9. The molecule has 6 heteroatoms. The van der Waals surface area contributed by atoms with Crippen molar-refractivity contribution in [3.8, 4) is 0 Å². The number of methoxy groups -OCH3 is 1. The summed E-state index contributed by atoms with van der Waals surface area (Å²) in [5, 5.41) is 0. The molecule has 0 aliphatic heterocycles. The number of nitrogens with zero attached hydrogens (tertiary/aromatic N) is 1. The van der Waals surface area contributed by atoms with E-state index in [1.807, 2.05) is 13.8 Å². The topological polar surface area (TPSA) is 72.6 Å². The van der Waals surface area contributed by atoms with Crippen LogP contribution >= 0.6 is 0 Å². The number of benzene rings is 1. The Morgan fingerprint density at radius 3 is 2.24 bits per heavy atom. The molecule has 0 saturated heterocycles. The Morgan fingerprint density at radius 2 is 1.81 bits per heavy atom. The van der Waals surface area contributed by atoms with Gasteiger partial charge in [-0.3, -0.25) is 0 Å². The fourth-order valence-electron chi connectivity index (χ4n) is 2.47. The lowest BCUT2D eigenvalue weighted by molar-refractivity contribution is 0.167. The van der Waals surface area contributed by atoms with E-state index in [4.69, 9.17) is 10.5 Å². The number of nitrogens with two attached hydrogens (primary N) is 1. The number of nitrogen functional groups attached to an aromatic ring is 1. The van der Waals surface area contributed by atoms with Crippen LogP contribution in [0, 0.1) is 13.8 Å². The molecule has 1 rings (SSSR count). The highest BCUT2D eigenvalue weighted by atomic mass is 32.2. The van der Waals surface area contributed by atoms with Gasteiger partial charge in [-0.25, -0.2) is 8.42 Å². The highest BCUT2D eigenvalue weighted by Gasteiger charge is 2.30. The smallest absolute Gasteiger partial charge is 0.243 e. The highest BCUT2D eigenvalue weighted by molar-refractivity contribution is 7.89. The lowest BCUT2D eigenvalue weighted by Crippen LogP contribution is -2.41. The quantitative estimate of drug-likeness (QED) is 0.784. The summed E-state index contributed by atoms with van der Waals surface area (Å²) in [5.41, 5.74) is 7.72. The third kappa shape index (κ3) is 3.96. The summed E-state index contributed by atoms with van der Waals surface area (Å²) in [6.45, 7) is 8.16. The van der Waals surface area contributed by atoms with E-state index in [9.17, 15) is 8.42 Å². The van der Waals surface area contributed by atoms with Crippen molar-refractivity contribution in [3.63, 3.8) is 0 Å². The van der Waals surface area contributed by atoms with Gasteiger partial charge >= 0.3 is 0 Å². The number of ether oxygens (including phenoxy) is 1. The Balaban J connectivity index is 3.35. The van der Waals surface area contributed by atoms with Gasteiger partial charge in [-0.2, -0.15) is 4.31 Å². The largest absolute Gasteiger partial charge is 0.399 e. The van der Waals surface area contributed by atoms with Gasteiger partial charge < -0.3 is 10.5 Å². The molecule has 0 spiro atoms. The van der Waals surface area contributed by atoms with Gasteiger partial charge in [0.05, 0.1) is 11.5 Å². The Hall–Kier alpha value is -1.11. The van der Waals surface area contributed by atoms with Crippen LogP contribution in [0.4, 0.5) is 5.69 Å². The van der Waals surface area contributed by atoms with Crippen LogP contribution in [0.5, 0.6) is 0 Å². The van der Waals surface area contributed by atoms with Gasteiger partial charge in [0, 0.05) is 25.4 Å². The Bertz CT molecular complexity index is 562. The standard InChI is InChI=1S/C15H26N2O3S/c1-6-13(4)17(7-8-20-5)21(18,19)15-11(2)9-14(16)10-12(15)3/h9-10,13H,6-8,16H2,1-5H3. The van der Waals surface area contributed by atoms with Crippen LogP contribution in [-0.2, 0) is 14.8 Å². The van der Waals surface area contributed by atoms with E-state index >= 15 is 0 Å². The second-order valence-corrected chi connectivity index (χ2v) is 7.18. The molecular weight excluding hydrogens is 288 g/mol. The van der Waals surface area contributed by atoms with Crippen LogP contribution in [-0.4, -0.2) is 39.0 Å². The van der Waals surface area contributed by atoms with E-state index in [2.05, 4.69) is 0 Å². The van der Waals surface area contributed by atoms with Gasteiger partial charge in [0.25, 0.3) is 0 Å². The van der Waals surface area contributed by atoms with Crippen LogP contribution in [0.15, 0.2) is 17.0 Å². The van der Waals surface area contributed by atoms with Crippen LogP contribution in [0.25, 0.3) is 0 Å². The molecule has 0 aromatic heterocycles. The SMILES string of the molecule is CCC(C)N(CCOC)S(=O)(=O)c1c(C)cc(N)cc1C. The monoisotopic (exact) mass is 314 g/mol. The number of sulfonamides is 1. The number of hydrogen-bond donors (Lipinski definition) is 1. The molecular formula is C15H26N2O3S. The summed E-state index contributed by atoms with van der Waals surface area (Å²) in [5.74, 6) is 0. The second-order valence-electron chi connectivity index (χ2n) is 5.35. The summed E-state index contributed by atoms with van der Waals surface area (Å²) < 4.78 is 32.6. The predicted molar refractivity (Wildman–Crippen MR) is 85.8 cm³/mol. The van der Waals surface area contributed by atoms with Crippen molar-refractivity contribution in [1.82, 2.24) is 4.31 Å². The number of rotatable bonds is 7. The molecule has 5 nitrogen and oxygen atoms in total. The molecule has 120 valence electrons. The average molecular weight is 314 g/mol. The Labute approximate surface area is 128 Å². The van der Waals surface area contributed by atoms with Crippen molar-refractivity contribution in [2.75, 3.05) is 26.0 Å². The van der Waals surface area contributed by atoms with E-state index < -0.39 is 10.0 Å². The molecule has 21 heavy (non-hydrogen) atoms. The van der Waals surface area contributed by atoms with Crippen molar-refractivity contribution < 1.29 is 13.2 Å². The Kier molecular flexibility index (Phi) is 6.19. The molecule has 0 heterocycles. The summed E-state index contributed by atoms with van der Waals surface area (Å²) in [4.78, 5) is 0.355. The number of hydrogen-bond acceptors (Lipinski definition) is 4. The van der Waals surface area contributed by atoms with Gasteiger partial charge in [-0.05, 0) is 50.5 Å². The molecule has 1 unspecified atom stereocenters. The van der Waals surface area contributed by atoms with Gasteiger partial charge in [-0.1, -0.05) is 6.92 Å². The van der Waals surface area contributed by atoms with Gasteiger partial charge in [-0.15, -0.1) is 0 Å². The number of anilines is 1. The molecule has 0 radical (unpaired) electrons.